The number of amides is 1. The summed E-state index contributed by atoms with van der Waals surface area (Å²) in [7, 11) is 0. The molecule has 0 saturated carbocycles. The molecule has 0 aliphatic carbocycles. The number of likely N-dealkylation sites (tertiary alicyclic amines) is 1. The standard InChI is InChI=1S/C28H33FN2O4/c1-28(2,3)21-9-5-19(6-10-21)24-23(25(32)20-7-11-22(29)12-8-20)26(33)27(34)31(24)14-4-13-30-15-17-35-18-16-30/h5-12,24,32H,4,13-18H2,1-3H3/b25-23+. The van der Waals surface area contributed by atoms with Crippen LogP contribution in [0, 0.1) is 5.82 Å². The topological polar surface area (TPSA) is 74.1 Å². The number of hydrogen-bond donors (Lipinski definition) is 1. The largest absolute Gasteiger partial charge is 0.872 e. The molecule has 2 fully saturated rings. The minimum atomic E-state index is -0.775. The van der Waals surface area contributed by atoms with Crippen LogP contribution < -0.4 is 10.0 Å². The zero-order valence-corrected chi connectivity index (χ0v) is 20.6. The van der Waals surface area contributed by atoms with Crippen LogP contribution in [0.1, 0.15) is 49.9 Å². The third kappa shape index (κ3) is 5.46. The number of quaternary nitrogens is 1. The lowest BCUT2D eigenvalue weighted by molar-refractivity contribution is -0.908. The van der Waals surface area contributed by atoms with Crippen LogP contribution in [0.25, 0.3) is 5.76 Å². The first-order valence-corrected chi connectivity index (χ1v) is 12.2. The van der Waals surface area contributed by atoms with E-state index in [0.717, 1.165) is 44.0 Å². The number of ketones is 1. The van der Waals surface area contributed by atoms with E-state index in [4.69, 9.17) is 4.74 Å². The van der Waals surface area contributed by atoms with Crippen molar-refractivity contribution in [2.24, 2.45) is 0 Å². The minimum Gasteiger partial charge on any atom is -0.872 e. The molecule has 2 aliphatic heterocycles. The van der Waals surface area contributed by atoms with Crippen molar-refractivity contribution in [2.45, 2.75) is 38.6 Å². The quantitative estimate of drug-likeness (QED) is 0.388. The lowest BCUT2D eigenvalue weighted by atomic mass is 9.85. The summed E-state index contributed by atoms with van der Waals surface area (Å²) >= 11 is 0. The van der Waals surface area contributed by atoms with Crippen molar-refractivity contribution < 1.29 is 28.7 Å². The van der Waals surface area contributed by atoms with Gasteiger partial charge in [-0.1, -0.05) is 62.9 Å². The first-order valence-electron chi connectivity index (χ1n) is 12.2. The molecule has 1 amide bonds. The number of halogens is 1. The van der Waals surface area contributed by atoms with Gasteiger partial charge in [0.25, 0.3) is 5.91 Å². The van der Waals surface area contributed by atoms with Crippen molar-refractivity contribution in [3.05, 3.63) is 76.6 Å². The smallest absolute Gasteiger partial charge is 0.295 e. The number of carbonyl (C=O) groups is 2. The Balaban J connectivity index is 1.68. The van der Waals surface area contributed by atoms with Gasteiger partial charge in [-0.25, -0.2) is 4.39 Å². The van der Waals surface area contributed by atoms with Gasteiger partial charge in [0.15, 0.2) is 0 Å². The second kappa shape index (κ2) is 10.3. The van der Waals surface area contributed by atoms with Crippen molar-refractivity contribution in [1.29, 1.82) is 0 Å². The fraction of sp³-hybridized carbons (Fsp3) is 0.429. The Hall–Kier alpha value is -3.03. The van der Waals surface area contributed by atoms with Crippen LogP contribution in [-0.2, 0) is 19.7 Å². The summed E-state index contributed by atoms with van der Waals surface area (Å²) < 4.78 is 18.9. The Labute approximate surface area is 206 Å². The van der Waals surface area contributed by atoms with E-state index in [0.29, 0.717) is 13.0 Å². The van der Waals surface area contributed by atoms with E-state index in [1.807, 2.05) is 24.3 Å². The number of morpholine rings is 1. The molecule has 1 atom stereocenters. The van der Waals surface area contributed by atoms with Crippen LogP contribution in [0.5, 0.6) is 0 Å². The molecule has 2 aromatic rings. The Morgan fingerprint density at radius 3 is 2.29 bits per heavy atom. The van der Waals surface area contributed by atoms with Gasteiger partial charge in [0.1, 0.15) is 18.9 Å². The minimum absolute atomic E-state index is 0.0586. The number of carbonyl (C=O) groups excluding carboxylic acids is 2. The molecular weight excluding hydrogens is 447 g/mol. The molecule has 0 bridgehead atoms. The number of ether oxygens (including phenoxy) is 1. The number of nitrogens with zero attached hydrogens (tertiary/aromatic N) is 1. The van der Waals surface area contributed by atoms with E-state index < -0.39 is 29.3 Å². The van der Waals surface area contributed by atoms with Gasteiger partial charge in [-0.2, -0.15) is 0 Å². The van der Waals surface area contributed by atoms with Crippen LogP contribution >= 0.6 is 0 Å². The Bertz CT molecular complexity index is 1100. The van der Waals surface area contributed by atoms with E-state index in [2.05, 4.69) is 20.8 Å². The van der Waals surface area contributed by atoms with Gasteiger partial charge in [0, 0.05) is 18.5 Å². The SMILES string of the molecule is CC(C)(C)c1ccc(C2/C(=C(\[O-])c3ccc(F)cc3)C(=O)C(=O)N2CCC[NH+]2CCOCC2)cc1. The number of Topliss-reactive ketones (excluding diaryl/α,β-unsaturated/α-hetero) is 1. The Kier molecular flexibility index (Phi) is 7.38. The molecule has 4 rings (SSSR count). The molecule has 35 heavy (non-hydrogen) atoms. The summed E-state index contributed by atoms with van der Waals surface area (Å²) in [5.74, 6) is -2.43. The summed E-state index contributed by atoms with van der Waals surface area (Å²) in [4.78, 5) is 29.2. The zero-order valence-electron chi connectivity index (χ0n) is 20.6. The molecule has 2 aromatic carbocycles. The maximum absolute atomic E-state index is 13.4. The number of nitrogens with one attached hydrogen (secondary N) is 1. The average Bonchev–Trinajstić information content (AvgIpc) is 3.09. The van der Waals surface area contributed by atoms with Crippen LogP contribution in [0.15, 0.2) is 54.1 Å². The van der Waals surface area contributed by atoms with Gasteiger partial charge in [-0.3, -0.25) is 9.59 Å². The highest BCUT2D eigenvalue weighted by Crippen LogP contribution is 2.39. The second-order valence-corrected chi connectivity index (χ2v) is 10.3. The third-order valence-corrected chi connectivity index (χ3v) is 6.86. The lowest BCUT2D eigenvalue weighted by Crippen LogP contribution is -3.14. The summed E-state index contributed by atoms with van der Waals surface area (Å²) in [6.07, 6.45) is 0.711. The Morgan fingerprint density at radius 2 is 1.69 bits per heavy atom. The van der Waals surface area contributed by atoms with Crippen LogP contribution in [0.2, 0.25) is 0 Å². The fourth-order valence-corrected chi connectivity index (χ4v) is 4.78. The van der Waals surface area contributed by atoms with Gasteiger partial charge in [0.05, 0.1) is 25.8 Å². The zero-order chi connectivity index (χ0) is 25.2. The monoisotopic (exact) mass is 480 g/mol. The van der Waals surface area contributed by atoms with Crippen molar-refractivity contribution >= 4 is 17.4 Å². The molecule has 1 N–H and O–H groups in total. The maximum Gasteiger partial charge on any atom is 0.295 e. The molecular formula is C28H33FN2O4. The van der Waals surface area contributed by atoms with Crippen LogP contribution in [0.4, 0.5) is 4.39 Å². The summed E-state index contributed by atoms with van der Waals surface area (Å²) in [6.45, 7) is 10.9. The highest BCUT2D eigenvalue weighted by Gasteiger charge is 2.44. The molecule has 0 radical (unpaired) electrons. The maximum atomic E-state index is 13.4. The molecule has 1 unspecified atom stereocenters. The van der Waals surface area contributed by atoms with Gasteiger partial charge >= 0.3 is 0 Å². The normalized spacial score (nSPS) is 21.0. The summed E-state index contributed by atoms with van der Waals surface area (Å²) in [6, 6.07) is 12.1. The van der Waals surface area contributed by atoms with Gasteiger partial charge in [-0.05, 0) is 34.2 Å². The Morgan fingerprint density at radius 1 is 1.06 bits per heavy atom. The van der Waals surface area contributed by atoms with E-state index in [-0.39, 0.29) is 16.6 Å². The van der Waals surface area contributed by atoms with Crippen molar-refractivity contribution in [2.75, 3.05) is 39.4 Å². The molecule has 186 valence electrons. The highest BCUT2D eigenvalue weighted by atomic mass is 19.1. The van der Waals surface area contributed by atoms with E-state index in [1.165, 1.54) is 34.1 Å². The fourth-order valence-electron chi connectivity index (χ4n) is 4.78. The predicted octanol–water partition coefficient (Wildman–Crippen LogP) is 1.65. The summed E-state index contributed by atoms with van der Waals surface area (Å²) in [5.41, 5.74) is 1.91. The van der Waals surface area contributed by atoms with Crippen molar-refractivity contribution in [3.63, 3.8) is 0 Å². The number of hydrogen-bond acceptors (Lipinski definition) is 4. The molecule has 2 heterocycles. The van der Waals surface area contributed by atoms with Crippen LogP contribution in [-0.4, -0.2) is 56.0 Å². The van der Waals surface area contributed by atoms with Crippen molar-refractivity contribution in [1.82, 2.24) is 4.90 Å². The van der Waals surface area contributed by atoms with Crippen LogP contribution in [0.3, 0.4) is 0 Å². The summed E-state index contributed by atoms with van der Waals surface area (Å²) in [5, 5.41) is 13.4. The molecule has 0 spiro atoms. The number of rotatable bonds is 6. The third-order valence-electron chi connectivity index (χ3n) is 6.86. The highest BCUT2D eigenvalue weighted by molar-refractivity contribution is 6.46. The van der Waals surface area contributed by atoms with E-state index in [1.54, 1.807) is 0 Å². The second-order valence-electron chi connectivity index (χ2n) is 10.3. The van der Waals surface area contributed by atoms with Crippen molar-refractivity contribution in [3.8, 4) is 0 Å². The lowest BCUT2D eigenvalue weighted by Gasteiger charge is -2.29. The molecule has 2 saturated heterocycles. The molecule has 6 nitrogen and oxygen atoms in total. The molecule has 7 heteroatoms. The number of benzene rings is 2. The molecule has 0 aromatic heterocycles. The average molecular weight is 481 g/mol. The van der Waals surface area contributed by atoms with Gasteiger partial charge in [-0.15, -0.1) is 0 Å². The first kappa shape index (κ1) is 25.1. The molecule has 2 aliphatic rings. The van der Waals surface area contributed by atoms with Gasteiger partial charge < -0.3 is 19.6 Å². The predicted molar refractivity (Wildman–Crippen MR) is 129 cm³/mol. The van der Waals surface area contributed by atoms with Gasteiger partial charge in [0.2, 0.25) is 5.78 Å². The van der Waals surface area contributed by atoms with E-state index >= 15 is 0 Å². The van der Waals surface area contributed by atoms with E-state index in [9.17, 15) is 19.1 Å². The first-order chi connectivity index (χ1) is 16.7.